The Kier molecular flexibility index (Phi) is 11.6. The zero-order valence-electron chi connectivity index (χ0n) is 16.1. The lowest BCUT2D eigenvalue weighted by atomic mass is 10.2. The molecule has 0 aliphatic rings. The van der Waals surface area contributed by atoms with Crippen molar-refractivity contribution in [3.8, 4) is 5.75 Å². The second kappa shape index (κ2) is 13.8. The molecule has 0 heterocycles. The number of hydrogen-bond donors (Lipinski definition) is 3. The van der Waals surface area contributed by atoms with Crippen LogP contribution in [-0.4, -0.2) is 44.2 Å². The molecule has 0 radical (unpaired) electrons. The lowest BCUT2D eigenvalue weighted by Crippen LogP contribution is -2.38. The van der Waals surface area contributed by atoms with Crippen molar-refractivity contribution in [3.05, 3.63) is 54.9 Å². The number of hydrazine groups is 1. The molecule has 0 fully saturated rings. The van der Waals surface area contributed by atoms with Crippen molar-refractivity contribution in [1.82, 2.24) is 21.1 Å². The molecule has 1 aromatic rings. The van der Waals surface area contributed by atoms with Crippen LogP contribution in [0.5, 0.6) is 5.75 Å². The molecule has 0 atom stereocenters. The van der Waals surface area contributed by atoms with Crippen molar-refractivity contribution >= 4 is 6.03 Å². The lowest BCUT2D eigenvalue weighted by molar-refractivity contribution is 0.204. The zero-order chi connectivity index (χ0) is 19.9. The first-order chi connectivity index (χ1) is 13.1. The first kappa shape index (κ1) is 22.7. The Morgan fingerprint density at radius 1 is 1.22 bits per heavy atom. The van der Waals surface area contributed by atoms with E-state index >= 15 is 0 Å². The highest BCUT2D eigenvalue weighted by Crippen LogP contribution is 2.18. The topological polar surface area (TPSA) is 65.6 Å². The molecule has 3 N–H and O–H groups in total. The largest absolute Gasteiger partial charge is 0.486 e. The Morgan fingerprint density at radius 2 is 2.04 bits per heavy atom. The Morgan fingerprint density at radius 3 is 2.74 bits per heavy atom. The van der Waals surface area contributed by atoms with Crippen molar-refractivity contribution < 1.29 is 13.9 Å². The molecule has 1 rings (SSSR count). The second-order valence-electron chi connectivity index (χ2n) is 6.00. The van der Waals surface area contributed by atoms with Crippen LogP contribution in [0.2, 0.25) is 0 Å². The summed E-state index contributed by atoms with van der Waals surface area (Å²) in [6.45, 7) is 10.1. The minimum absolute atomic E-state index is 0.0783. The highest BCUT2D eigenvalue weighted by Gasteiger charge is 2.08. The summed E-state index contributed by atoms with van der Waals surface area (Å²) in [7, 11) is 1.63. The third kappa shape index (κ3) is 9.21. The molecule has 7 heteroatoms. The molecule has 0 aromatic heterocycles. The molecule has 0 aliphatic carbocycles. The minimum Gasteiger partial charge on any atom is -0.486 e. The Hall–Kier alpha value is -2.38. The Bertz CT molecular complexity index is 595. The number of nitrogens with one attached hydrogen (secondary N) is 3. The molecule has 0 unspecified atom stereocenters. The average molecular weight is 378 g/mol. The molecule has 2 amide bonds. The van der Waals surface area contributed by atoms with Crippen molar-refractivity contribution in [2.45, 2.75) is 25.8 Å². The number of halogens is 1. The molecule has 0 saturated carbocycles. The third-order valence-electron chi connectivity index (χ3n) is 3.85. The number of ether oxygens (including phenoxy) is 1. The third-order valence-corrected chi connectivity index (χ3v) is 3.85. The summed E-state index contributed by atoms with van der Waals surface area (Å²) in [5.74, 6) is -0.148. The Labute approximate surface area is 161 Å². The van der Waals surface area contributed by atoms with Gasteiger partial charge in [0, 0.05) is 33.2 Å². The number of hydrogen-bond acceptors (Lipinski definition) is 4. The summed E-state index contributed by atoms with van der Waals surface area (Å²) in [6, 6.07) is 4.72. The number of carbonyl (C=O) groups is 1. The van der Waals surface area contributed by atoms with Crippen LogP contribution in [-0.2, 0) is 6.54 Å². The number of nitrogens with zero attached hydrogens (tertiary/aromatic N) is 1. The molecule has 27 heavy (non-hydrogen) atoms. The van der Waals surface area contributed by atoms with Crippen LogP contribution in [0.1, 0.15) is 24.8 Å². The number of urea groups is 1. The van der Waals surface area contributed by atoms with Crippen molar-refractivity contribution in [2.75, 3.05) is 33.3 Å². The lowest BCUT2D eigenvalue weighted by Gasteiger charge is -2.20. The van der Waals surface area contributed by atoms with E-state index in [-0.39, 0.29) is 24.2 Å². The molecule has 0 spiro atoms. The van der Waals surface area contributed by atoms with E-state index in [0.717, 1.165) is 31.4 Å². The highest BCUT2D eigenvalue weighted by molar-refractivity contribution is 5.73. The molecular formula is C20H31FN4O2. The quantitative estimate of drug-likeness (QED) is 0.265. The minimum atomic E-state index is -0.379. The van der Waals surface area contributed by atoms with Gasteiger partial charge in [-0.1, -0.05) is 31.2 Å². The van der Waals surface area contributed by atoms with Gasteiger partial charge in [-0.25, -0.2) is 9.18 Å². The Balaban J connectivity index is 2.17. The van der Waals surface area contributed by atoms with Crippen molar-refractivity contribution in [3.63, 3.8) is 0 Å². The maximum atomic E-state index is 13.6. The van der Waals surface area contributed by atoms with Gasteiger partial charge in [0.1, 0.15) is 6.61 Å². The zero-order valence-corrected chi connectivity index (χ0v) is 16.1. The maximum absolute atomic E-state index is 13.6. The summed E-state index contributed by atoms with van der Waals surface area (Å²) in [5, 5.41) is 2.63. The summed E-state index contributed by atoms with van der Waals surface area (Å²) >= 11 is 0. The van der Waals surface area contributed by atoms with Gasteiger partial charge in [-0.3, -0.25) is 10.9 Å². The normalized spacial score (nSPS) is 10.3. The smallest absolute Gasteiger partial charge is 0.317 e. The van der Waals surface area contributed by atoms with Gasteiger partial charge in [0.25, 0.3) is 0 Å². The summed E-state index contributed by atoms with van der Waals surface area (Å²) in [5.41, 5.74) is 7.19. The molecule has 6 nitrogen and oxygen atoms in total. The standard InChI is InChI=1S/C20H31FN4O2/c1-4-12-25(20(26)22-3)13-8-6-7-11-23-24-16-17-9-10-18(21)19(15-17)27-14-5-2/h4-5,9-10,15,23-24H,1-2,6-8,11-14,16H2,3H3,(H,22,26). The number of unbranched alkanes of at least 4 members (excludes halogenated alkanes) is 2. The fourth-order valence-electron chi connectivity index (χ4n) is 2.45. The van der Waals surface area contributed by atoms with Crippen molar-refractivity contribution in [1.29, 1.82) is 0 Å². The summed E-state index contributed by atoms with van der Waals surface area (Å²) in [6.07, 6.45) is 6.24. The van der Waals surface area contributed by atoms with Gasteiger partial charge in [-0.05, 0) is 30.5 Å². The van der Waals surface area contributed by atoms with E-state index in [0.29, 0.717) is 19.6 Å². The van der Waals surface area contributed by atoms with Gasteiger partial charge in [0.15, 0.2) is 11.6 Å². The molecule has 0 aliphatic heterocycles. The fourth-order valence-corrected chi connectivity index (χ4v) is 2.45. The van der Waals surface area contributed by atoms with Gasteiger partial charge in [0.05, 0.1) is 0 Å². The van der Waals surface area contributed by atoms with E-state index in [4.69, 9.17) is 4.74 Å². The predicted octanol–water partition coefficient (Wildman–Crippen LogP) is 2.98. The van der Waals surface area contributed by atoms with Gasteiger partial charge in [0.2, 0.25) is 0 Å². The van der Waals surface area contributed by atoms with Crippen LogP contribution in [0.25, 0.3) is 0 Å². The SMILES string of the molecule is C=CCOc1cc(CNNCCCCCN(CC=C)C(=O)NC)ccc1F. The number of amides is 2. The predicted molar refractivity (Wildman–Crippen MR) is 107 cm³/mol. The first-order valence-electron chi connectivity index (χ1n) is 9.17. The van der Waals surface area contributed by atoms with E-state index in [1.165, 1.54) is 6.07 Å². The number of rotatable bonds is 14. The van der Waals surface area contributed by atoms with E-state index in [1.807, 2.05) is 0 Å². The average Bonchev–Trinajstić information content (AvgIpc) is 2.68. The van der Waals surface area contributed by atoms with Crippen molar-refractivity contribution in [2.24, 2.45) is 0 Å². The monoisotopic (exact) mass is 378 g/mol. The molecule has 150 valence electrons. The fraction of sp³-hybridized carbons (Fsp3) is 0.450. The van der Waals surface area contributed by atoms with Crippen LogP contribution < -0.4 is 20.9 Å². The van der Waals surface area contributed by atoms with Gasteiger partial charge in [-0.15, -0.1) is 6.58 Å². The second-order valence-corrected chi connectivity index (χ2v) is 6.00. The van der Waals surface area contributed by atoms with Crippen LogP contribution >= 0.6 is 0 Å². The number of carbonyl (C=O) groups excluding carboxylic acids is 1. The number of benzene rings is 1. The summed E-state index contributed by atoms with van der Waals surface area (Å²) < 4.78 is 18.9. The molecule has 1 aromatic carbocycles. The highest BCUT2D eigenvalue weighted by atomic mass is 19.1. The van der Waals surface area contributed by atoms with Gasteiger partial charge >= 0.3 is 6.03 Å². The van der Waals surface area contributed by atoms with Crippen LogP contribution in [0.4, 0.5) is 9.18 Å². The molecular weight excluding hydrogens is 347 g/mol. The van der Waals surface area contributed by atoms with Gasteiger partial charge < -0.3 is 15.0 Å². The van der Waals surface area contributed by atoms with Crippen LogP contribution in [0.3, 0.4) is 0 Å². The molecule has 0 bridgehead atoms. The molecule has 0 saturated heterocycles. The first-order valence-corrected chi connectivity index (χ1v) is 9.17. The van der Waals surface area contributed by atoms with E-state index in [2.05, 4.69) is 29.3 Å². The van der Waals surface area contributed by atoms with E-state index in [1.54, 1.807) is 36.2 Å². The van der Waals surface area contributed by atoms with E-state index < -0.39 is 0 Å². The van der Waals surface area contributed by atoms with Crippen LogP contribution in [0.15, 0.2) is 43.5 Å². The van der Waals surface area contributed by atoms with Gasteiger partial charge in [-0.2, -0.15) is 0 Å². The summed E-state index contributed by atoms with van der Waals surface area (Å²) in [4.78, 5) is 13.4. The van der Waals surface area contributed by atoms with E-state index in [9.17, 15) is 9.18 Å². The van der Waals surface area contributed by atoms with Crippen LogP contribution in [0, 0.1) is 5.82 Å². The maximum Gasteiger partial charge on any atom is 0.317 e.